The number of para-hydroxylation sites is 1. The zero-order valence-electron chi connectivity index (χ0n) is 76.5. The van der Waals surface area contributed by atoms with E-state index in [1.807, 2.05) is 264 Å². The highest BCUT2D eigenvalue weighted by atomic mass is 16.3. The van der Waals surface area contributed by atoms with Gasteiger partial charge in [-0.25, -0.2) is 0 Å². The first kappa shape index (κ1) is 92.7. The zero-order valence-corrected chi connectivity index (χ0v) is 76.5. The minimum absolute atomic E-state index is 0.0118. The van der Waals surface area contributed by atoms with Gasteiger partial charge in [0.15, 0.2) is 12.0 Å². The number of Topliss-reactive ketones (excluding diaryl/α,β-unsaturated/α-hetero) is 2. The summed E-state index contributed by atoms with van der Waals surface area (Å²) in [6.45, 7) is 22.2. The molecule has 9 unspecified atom stereocenters. The van der Waals surface area contributed by atoms with Crippen molar-refractivity contribution < 1.29 is 70.3 Å². The molecule has 3 N–H and O–H groups in total. The number of aliphatic hydroxyl groups excluding tert-OH is 2. The number of ketones is 2. The Morgan fingerprint density at radius 1 is 0.438 bits per heavy atom. The topological polar surface area (TPSA) is 300 Å². The standard InChI is InChI=1S/C30H32N2O2.C21H24NO3.C20H22NO3.C19H20NO3.C19H20NO2/c1-4-7-15-31-18-23(21-11-9-10-12-25(21)31)27-29(33)28(30(27)34)24-19-32(16-8-5-2)26-14-13-20(6-3)17-22(24)26;1-11-8-14(9-12(2)13(11)3)18-20(24)19(21(18)25)16-7-6-15(22(4)5)10-17(16)23;1-11-5-6-13(9-12(11)2)17-19(23)18(20(17)24)15-8-7-14(21(3)4)10-16(15)22;1-11-4-6-12(7-5-11)16-18(22)17(19(16)23)14-9-8-13(20(2)3)10-15(14)21;1-12-4-6-13(7-5-12)16-18(21)17(19(16)22)14-8-10-15(11-9-14)20(2)3/h9-14,17-19H,4-8,15-16H2,1-3H3;6-10,18,20,23,25H,1-5H3;5-10,17,19,22,24H,1-4H3;4-10,16-18,21H,1-3H3;4-11,16,18,22H,1-3H3/q;4*-1/p-3. The number of phenolic OH excluding ortho intramolecular Hbond substituents is 1. The van der Waals surface area contributed by atoms with E-state index in [0.29, 0.717) is 33.4 Å². The molecular weight excluding hydrogens is 1600 g/mol. The number of unbranched alkanes of at least 4 members (excludes halogenated alkanes) is 2. The predicted octanol–water partition coefficient (Wildman–Crippen LogP) is 14.0. The van der Waals surface area contributed by atoms with Gasteiger partial charge in [0.2, 0.25) is 5.69 Å². The van der Waals surface area contributed by atoms with Crippen LogP contribution in [0.2, 0.25) is 0 Å². The number of rotatable bonds is 20. The minimum atomic E-state index is -1.13. The summed E-state index contributed by atoms with van der Waals surface area (Å²) >= 11 is 0. The maximum Gasteiger partial charge on any atom is 0.213 e. The van der Waals surface area contributed by atoms with Gasteiger partial charge in [-0.3, -0.25) is 9.59 Å². The highest BCUT2D eigenvalue weighted by Gasteiger charge is 2.46. The Kier molecular flexibility index (Phi) is 28.1. The number of anilines is 4. The van der Waals surface area contributed by atoms with Gasteiger partial charge in [0.25, 0.3) is 0 Å². The summed E-state index contributed by atoms with van der Waals surface area (Å²) in [7, 11) is 15.0. The molecule has 0 amide bonds. The number of hydrogen-bond acceptors (Lipinski definition) is 17. The molecule has 11 aromatic rings. The van der Waals surface area contributed by atoms with Gasteiger partial charge in [-0.15, -0.1) is 5.76 Å². The third-order valence-electron chi connectivity index (χ3n) is 26.0. The third-order valence-corrected chi connectivity index (χ3v) is 26.0. The fourth-order valence-corrected chi connectivity index (χ4v) is 17.6. The number of aliphatic hydroxyl groups is 2. The van der Waals surface area contributed by atoms with Crippen LogP contribution in [0, 0.1) is 48.5 Å². The number of allylic oxidation sites excluding steroid dienone is 3. The van der Waals surface area contributed by atoms with E-state index in [1.54, 1.807) is 36.4 Å². The first-order valence-electron chi connectivity index (χ1n) is 44.0. The van der Waals surface area contributed by atoms with Crippen molar-refractivity contribution in [3.8, 4) is 17.2 Å². The Bertz CT molecular complexity index is 6220. The molecule has 19 heteroatoms. The average molecular weight is 1720 g/mol. The molecule has 6 aliphatic rings. The Morgan fingerprint density at radius 3 is 1.43 bits per heavy atom. The normalized spacial score (nSPS) is 20.0. The molecule has 5 aliphatic carbocycles. The molecule has 1 aromatic heterocycles. The number of aromatic hydroxyl groups is 1. The lowest BCUT2D eigenvalue weighted by atomic mass is 9.64. The molecule has 17 rings (SSSR count). The second kappa shape index (κ2) is 38.7. The number of carbonyl (C=O) groups is 2. The van der Waals surface area contributed by atoms with E-state index >= 15 is 0 Å². The quantitative estimate of drug-likeness (QED) is 0.0472. The van der Waals surface area contributed by atoms with E-state index < -0.39 is 54.0 Å². The Morgan fingerprint density at radius 2 is 0.938 bits per heavy atom. The average Bonchev–Trinajstić information content (AvgIpc) is 1.45. The largest absolute Gasteiger partial charge is 0.875 e. The molecule has 666 valence electrons. The fraction of sp³-hybridized carbons (Fsp3) is 0.312. The first-order valence-corrected chi connectivity index (χ1v) is 44.0. The van der Waals surface area contributed by atoms with Crippen molar-refractivity contribution in [1.82, 2.24) is 4.57 Å². The van der Waals surface area contributed by atoms with E-state index in [-0.39, 0.29) is 63.0 Å². The van der Waals surface area contributed by atoms with Crippen molar-refractivity contribution in [2.45, 2.75) is 162 Å². The molecule has 1 aliphatic heterocycles. The highest BCUT2D eigenvalue weighted by Crippen LogP contribution is 2.52. The number of hydrogen-bond donors (Lipinski definition) is 3. The summed E-state index contributed by atoms with van der Waals surface area (Å²) in [5.41, 5.74) is 23.8. The molecule has 10 aromatic carbocycles. The van der Waals surface area contributed by atoms with Crippen molar-refractivity contribution in [2.75, 3.05) is 82.5 Å². The van der Waals surface area contributed by atoms with E-state index in [1.165, 1.54) is 23.3 Å². The van der Waals surface area contributed by atoms with Crippen LogP contribution in [0.1, 0.15) is 176 Å². The van der Waals surface area contributed by atoms with Crippen molar-refractivity contribution in [1.29, 1.82) is 0 Å². The molecule has 1 saturated carbocycles. The maximum atomic E-state index is 13.5. The van der Waals surface area contributed by atoms with Gasteiger partial charge in [0.1, 0.15) is 29.6 Å². The lowest BCUT2D eigenvalue weighted by Gasteiger charge is -2.51. The van der Waals surface area contributed by atoms with Crippen LogP contribution in [0.25, 0.3) is 38.8 Å². The van der Waals surface area contributed by atoms with Gasteiger partial charge in [0.05, 0.1) is 11.1 Å². The molecular formula is C109H115N6O13-7. The monoisotopic (exact) mass is 1720 g/mol. The molecule has 0 radical (unpaired) electrons. The first-order chi connectivity index (χ1) is 61.0. The summed E-state index contributed by atoms with van der Waals surface area (Å²) in [4.78, 5) is 33.6. The molecule has 0 bridgehead atoms. The molecule has 0 spiro atoms. The van der Waals surface area contributed by atoms with Gasteiger partial charge in [-0.1, -0.05) is 225 Å². The number of nitrogens with zero attached hydrogens (tertiary/aromatic N) is 6. The van der Waals surface area contributed by atoms with Gasteiger partial charge in [-0.2, -0.15) is 4.58 Å². The van der Waals surface area contributed by atoms with Crippen LogP contribution in [0.15, 0.2) is 235 Å². The number of carbonyl (C=O) groups excluding carboxylic acids is 2. The number of aryl methyl sites for hydroxylation is 8. The summed E-state index contributed by atoms with van der Waals surface area (Å²) in [6, 6.07) is 61.8. The number of benzene rings is 10. The van der Waals surface area contributed by atoms with Crippen molar-refractivity contribution in [3.05, 3.63) is 335 Å². The SMILES string of the molecule is CCCCn1cc(C2=C([O-])C(=C3C=[N+](CCCC)c4ccc(CC)cc43)C2=O)c2ccccc21.Cc1cc(C2C(O)=C(c3ccc(N(C)C)cc3[O-])C2[O-])cc(C)c1C.Cc1ccc(C2C(=O)C(c3ccc(N(C)C)cc3O)C2[O-])cc1.Cc1ccc(C2C(O)=C(c3ccc(N(C)C)cc3[O-])C2[O-])cc1C.Cc1ccc(C2C([O-])=C(c3ccc(N(C)C)cc3)C2[O-])cc1. The molecule has 2 heterocycles. The Hall–Kier alpha value is -12.9. The van der Waals surface area contributed by atoms with Crippen LogP contribution in [-0.4, -0.2) is 130 Å². The second-order valence-electron chi connectivity index (χ2n) is 35.4. The van der Waals surface area contributed by atoms with E-state index in [2.05, 4.69) is 54.2 Å². The lowest BCUT2D eigenvalue weighted by molar-refractivity contribution is -0.436. The van der Waals surface area contributed by atoms with Crippen molar-refractivity contribution in [3.63, 3.8) is 0 Å². The minimum Gasteiger partial charge on any atom is -0.875 e. The van der Waals surface area contributed by atoms with Crippen LogP contribution in [0.5, 0.6) is 17.2 Å². The summed E-state index contributed by atoms with van der Waals surface area (Å²) < 4.78 is 4.39. The van der Waals surface area contributed by atoms with E-state index in [0.717, 1.165) is 162 Å². The zero-order chi connectivity index (χ0) is 92.5. The second-order valence-corrected chi connectivity index (χ2v) is 35.4. The summed E-state index contributed by atoms with van der Waals surface area (Å²) in [6.07, 6.45) is 4.97. The molecule has 19 nitrogen and oxygen atoms in total. The van der Waals surface area contributed by atoms with Crippen LogP contribution in [0.3, 0.4) is 0 Å². The molecule has 128 heavy (non-hydrogen) atoms. The van der Waals surface area contributed by atoms with Gasteiger partial charge < -0.3 is 80.3 Å². The number of phenols is 1. The highest BCUT2D eigenvalue weighted by molar-refractivity contribution is 6.45. The van der Waals surface area contributed by atoms with Gasteiger partial charge in [0, 0.05) is 167 Å². The summed E-state index contributed by atoms with van der Waals surface area (Å²) in [5, 5.41) is 133. The van der Waals surface area contributed by atoms with Crippen molar-refractivity contribution in [2.24, 2.45) is 0 Å². The Labute approximate surface area is 752 Å². The number of fused-ring (bicyclic) bond motifs is 2. The van der Waals surface area contributed by atoms with Crippen LogP contribution in [0.4, 0.5) is 28.4 Å². The maximum absolute atomic E-state index is 13.5. The van der Waals surface area contributed by atoms with Crippen LogP contribution >= 0.6 is 0 Å². The van der Waals surface area contributed by atoms with Gasteiger partial charge >= 0.3 is 0 Å². The molecule has 0 saturated heterocycles. The summed E-state index contributed by atoms with van der Waals surface area (Å²) in [5.74, 6) is -3.89. The third kappa shape index (κ3) is 18.2. The fourth-order valence-electron chi connectivity index (χ4n) is 17.6. The van der Waals surface area contributed by atoms with E-state index in [4.69, 9.17) is 0 Å². The number of aromatic nitrogens is 1. The molecule has 1 fully saturated rings. The lowest BCUT2D eigenvalue weighted by Crippen LogP contribution is -2.55. The predicted molar refractivity (Wildman–Crippen MR) is 500 cm³/mol. The van der Waals surface area contributed by atoms with E-state index in [9.17, 15) is 65.8 Å². The van der Waals surface area contributed by atoms with Gasteiger partial charge in [-0.05, 0) is 205 Å². The van der Waals surface area contributed by atoms with Crippen LogP contribution in [-0.2, 0) is 22.6 Å². The smallest absolute Gasteiger partial charge is 0.213 e. The van der Waals surface area contributed by atoms with Crippen LogP contribution < -0.4 is 60.5 Å². The van der Waals surface area contributed by atoms with Crippen molar-refractivity contribution >= 4 is 85.0 Å². The molecule has 9 atom stereocenters. The Balaban J connectivity index is 0.000000138.